The van der Waals surface area contributed by atoms with Crippen LogP contribution in [0.2, 0.25) is 0 Å². The second-order valence-electron chi connectivity index (χ2n) is 6.25. The maximum Gasteiger partial charge on any atom is 0.282 e. The minimum Gasteiger partial charge on any atom is -0.383 e. The first-order chi connectivity index (χ1) is 13.0. The maximum absolute atomic E-state index is 12.8. The number of nitro groups is 1. The van der Waals surface area contributed by atoms with Crippen LogP contribution in [0.15, 0.2) is 18.2 Å². The number of carbonyl (C=O) groups excluding carboxylic acids is 3. The van der Waals surface area contributed by atoms with Gasteiger partial charge >= 0.3 is 0 Å². The molecular weight excluding hydrogens is 374 g/mol. The number of thioether (sulfide) groups is 1. The summed E-state index contributed by atoms with van der Waals surface area (Å²) in [7, 11) is 1.54. The molecule has 3 amide bonds. The molecule has 0 aliphatic carbocycles. The number of rotatable bonds is 7. The molecule has 1 unspecified atom stereocenters. The summed E-state index contributed by atoms with van der Waals surface area (Å²) in [5.74, 6) is -0.108. The van der Waals surface area contributed by atoms with E-state index in [0.717, 1.165) is 22.8 Å². The fraction of sp³-hybridized carbons (Fsp3) is 0.471. The van der Waals surface area contributed by atoms with Crippen molar-refractivity contribution in [2.45, 2.75) is 12.5 Å². The smallest absolute Gasteiger partial charge is 0.282 e. The van der Waals surface area contributed by atoms with Crippen molar-refractivity contribution in [3.8, 4) is 0 Å². The van der Waals surface area contributed by atoms with Crippen LogP contribution in [-0.2, 0) is 9.53 Å². The number of methoxy groups -OCH3 is 1. The maximum atomic E-state index is 12.8. The van der Waals surface area contributed by atoms with Crippen LogP contribution in [-0.4, -0.2) is 76.8 Å². The molecule has 2 aliphatic rings. The lowest BCUT2D eigenvalue weighted by Crippen LogP contribution is -2.48. The third-order valence-electron chi connectivity index (χ3n) is 4.67. The molecule has 1 aromatic carbocycles. The number of hydrogen-bond donors (Lipinski definition) is 0. The summed E-state index contributed by atoms with van der Waals surface area (Å²) < 4.78 is 5.06. The van der Waals surface area contributed by atoms with Crippen LogP contribution in [0.5, 0.6) is 0 Å². The predicted octanol–water partition coefficient (Wildman–Crippen LogP) is 1.17. The van der Waals surface area contributed by atoms with Crippen molar-refractivity contribution >= 4 is 35.2 Å². The third-order valence-corrected chi connectivity index (χ3v) is 5.82. The van der Waals surface area contributed by atoms with Crippen molar-refractivity contribution in [2.24, 2.45) is 0 Å². The van der Waals surface area contributed by atoms with E-state index in [9.17, 15) is 24.5 Å². The number of hydrogen-bond acceptors (Lipinski definition) is 7. The van der Waals surface area contributed by atoms with Crippen LogP contribution in [0, 0.1) is 10.1 Å². The molecule has 0 aromatic heterocycles. The van der Waals surface area contributed by atoms with Gasteiger partial charge in [0.05, 0.1) is 17.1 Å². The Labute approximate surface area is 159 Å². The Bertz CT molecular complexity index is 793. The second kappa shape index (κ2) is 8.05. The van der Waals surface area contributed by atoms with Crippen molar-refractivity contribution in [2.75, 3.05) is 38.3 Å². The minimum atomic E-state index is -0.803. The van der Waals surface area contributed by atoms with Gasteiger partial charge in [0.1, 0.15) is 12.1 Å². The zero-order valence-electron chi connectivity index (χ0n) is 14.8. The summed E-state index contributed by atoms with van der Waals surface area (Å²) in [4.78, 5) is 50.9. The number of benzene rings is 1. The molecule has 10 heteroatoms. The quantitative estimate of drug-likeness (QED) is 0.388. The minimum absolute atomic E-state index is 0.0298. The monoisotopic (exact) mass is 393 g/mol. The van der Waals surface area contributed by atoms with E-state index in [-0.39, 0.29) is 23.1 Å². The highest BCUT2D eigenvalue weighted by Crippen LogP contribution is 2.31. The van der Waals surface area contributed by atoms with E-state index in [0.29, 0.717) is 13.2 Å². The van der Waals surface area contributed by atoms with Crippen molar-refractivity contribution in [1.82, 2.24) is 9.80 Å². The Morgan fingerprint density at radius 3 is 2.81 bits per heavy atom. The van der Waals surface area contributed by atoms with Gasteiger partial charge in [-0.15, -0.1) is 0 Å². The molecule has 1 aromatic rings. The lowest BCUT2D eigenvalue weighted by atomic mass is 10.1. The number of ether oxygens (including phenoxy) is 1. The average Bonchev–Trinajstić information content (AvgIpc) is 3.25. The highest BCUT2D eigenvalue weighted by Gasteiger charge is 2.42. The van der Waals surface area contributed by atoms with Gasteiger partial charge in [0.2, 0.25) is 5.91 Å². The van der Waals surface area contributed by atoms with E-state index in [1.165, 1.54) is 25.3 Å². The summed E-state index contributed by atoms with van der Waals surface area (Å²) in [5, 5.41) is 11.2. The standard InChI is InChI=1S/C17H19N3O6S/c1-26-7-6-18(11-5-8-27-10-11)14(21)9-19-16(22)12-3-2-4-13(20(24)25)15(12)17(19)23/h2-4,11H,5-10H2,1H3. The Hall–Kier alpha value is -2.46. The van der Waals surface area contributed by atoms with E-state index in [2.05, 4.69) is 0 Å². The fourth-order valence-corrected chi connectivity index (χ4v) is 4.53. The molecule has 0 N–H and O–H groups in total. The van der Waals surface area contributed by atoms with Gasteiger partial charge in [0.25, 0.3) is 17.5 Å². The largest absolute Gasteiger partial charge is 0.383 e. The molecule has 27 heavy (non-hydrogen) atoms. The van der Waals surface area contributed by atoms with Gasteiger partial charge in [-0.3, -0.25) is 29.4 Å². The van der Waals surface area contributed by atoms with Gasteiger partial charge in [-0.1, -0.05) is 6.07 Å². The first-order valence-corrected chi connectivity index (χ1v) is 9.61. The summed E-state index contributed by atoms with van der Waals surface area (Å²) in [5.41, 5.74) is -0.716. The van der Waals surface area contributed by atoms with Crippen molar-refractivity contribution in [1.29, 1.82) is 0 Å². The van der Waals surface area contributed by atoms with Gasteiger partial charge in [0, 0.05) is 31.5 Å². The van der Waals surface area contributed by atoms with Crippen LogP contribution >= 0.6 is 11.8 Å². The normalized spacial score (nSPS) is 18.7. The predicted molar refractivity (Wildman–Crippen MR) is 97.8 cm³/mol. The van der Waals surface area contributed by atoms with Gasteiger partial charge in [0.15, 0.2) is 0 Å². The fourth-order valence-electron chi connectivity index (χ4n) is 3.31. The topological polar surface area (TPSA) is 110 Å². The number of amides is 3. The first kappa shape index (κ1) is 19.3. The lowest BCUT2D eigenvalue weighted by Gasteiger charge is -2.29. The molecule has 0 spiro atoms. The van der Waals surface area contributed by atoms with E-state index in [1.54, 1.807) is 16.7 Å². The average molecular weight is 393 g/mol. The van der Waals surface area contributed by atoms with Gasteiger partial charge in [-0.05, 0) is 18.2 Å². The molecule has 2 aliphatic heterocycles. The summed E-state index contributed by atoms with van der Waals surface area (Å²) in [6.07, 6.45) is 0.841. The molecule has 144 valence electrons. The molecular formula is C17H19N3O6S. The zero-order valence-corrected chi connectivity index (χ0v) is 15.6. The Morgan fingerprint density at radius 1 is 1.41 bits per heavy atom. The van der Waals surface area contributed by atoms with Crippen molar-refractivity contribution in [3.63, 3.8) is 0 Å². The number of fused-ring (bicyclic) bond motifs is 1. The highest BCUT2D eigenvalue weighted by atomic mass is 32.2. The number of carbonyl (C=O) groups is 3. The molecule has 1 fully saturated rings. The lowest BCUT2D eigenvalue weighted by molar-refractivity contribution is -0.385. The summed E-state index contributed by atoms with van der Waals surface area (Å²) in [6.45, 7) is 0.277. The molecule has 0 saturated carbocycles. The Kier molecular flexibility index (Phi) is 5.76. The highest BCUT2D eigenvalue weighted by molar-refractivity contribution is 7.99. The van der Waals surface area contributed by atoms with E-state index in [1.807, 2.05) is 0 Å². The van der Waals surface area contributed by atoms with Crippen molar-refractivity contribution in [3.05, 3.63) is 39.4 Å². The van der Waals surface area contributed by atoms with Crippen LogP contribution in [0.3, 0.4) is 0 Å². The van der Waals surface area contributed by atoms with Crippen LogP contribution in [0.1, 0.15) is 27.1 Å². The SMILES string of the molecule is COCCN(C(=O)CN1C(=O)c2cccc([N+](=O)[O-])c2C1=O)C1CCSC1. The summed E-state index contributed by atoms with van der Waals surface area (Å²) in [6, 6.07) is 3.93. The number of nitro benzene ring substituents is 1. The molecule has 9 nitrogen and oxygen atoms in total. The Balaban J connectivity index is 1.81. The first-order valence-electron chi connectivity index (χ1n) is 8.45. The third kappa shape index (κ3) is 3.67. The molecule has 1 atom stereocenters. The van der Waals surface area contributed by atoms with Gasteiger partial charge in [-0.2, -0.15) is 11.8 Å². The summed E-state index contributed by atoms with van der Waals surface area (Å²) >= 11 is 1.74. The number of nitrogens with zero attached hydrogens (tertiary/aromatic N) is 3. The molecule has 2 heterocycles. The van der Waals surface area contributed by atoms with Crippen LogP contribution < -0.4 is 0 Å². The molecule has 0 radical (unpaired) electrons. The molecule has 0 bridgehead atoms. The van der Waals surface area contributed by atoms with E-state index < -0.39 is 29.0 Å². The van der Waals surface area contributed by atoms with Crippen LogP contribution in [0.25, 0.3) is 0 Å². The van der Waals surface area contributed by atoms with Crippen molar-refractivity contribution < 1.29 is 24.0 Å². The number of imide groups is 1. The van der Waals surface area contributed by atoms with E-state index >= 15 is 0 Å². The van der Waals surface area contributed by atoms with Gasteiger partial charge < -0.3 is 9.64 Å². The Morgan fingerprint density at radius 2 is 2.19 bits per heavy atom. The molecule has 3 rings (SSSR count). The van der Waals surface area contributed by atoms with E-state index in [4.69, 9.17) is 4.74 Å². The molecule has 1 saturated heterocycles. The van der Waals surface area contributed by atoms with Gasteiger partial charge in [-0.25, -0.2) is 0 Å². The second-order valence-corrected chi connectivity index (χ2v) is 7.40. The van der Waals surface area contributed by atoms with Crippen LogP contribution in [0.4, 0.5) is 5.69 Å². The zero-order chi connectivity index (χ0) is 19.6.